The van der Waals surface area contributed by atoms with Gasteiger partial charge in [-0.15, -0.1) is 0 Å². The molecule has 0 saturated carbocycles. The fourth-order valence-electron chi connectivity index (χ4n) is 2.90. The number of hydrogen-bond donors (Lipinski definition) is 2. The van der Waals surface area contributed by atoms with E-state index in [0.29, 0.717) is 34.6 Å². The Morgan fingerprint density at radius 1 is 1.33 bits per heavy atom. The monoisotopic (exact) mass is 406 g/mol. The number of aliphatic hydroxyl groups excluding tert-OH is 1. The quantitative estimate of drug-likeness (QED) is 0.621. The number of carbonyl (C=O) groups excluding carboxylic acids is 2. The number of fused-ring (bicyclic) bond motifs is 1. The minimum Gasteiger partial charge on any atom is -0.495 e. The van der Waals surface area contributed by atoms with Crippen LogP contribution in [0.3, 0.4) is 0 Å². The molecule has 2 amide bonds. The van der Waals surface area contributed by atoms with Crippen molar-refractivity contribution in [3.05, 3.63) is 54.0 Å². The van der Waals surface area contributed by atoms with Crippen LogP contribution in [0.2, 0.25) is 0 Å². The van der Waals surface area contributed by atoms with Crippen molar-refractivity contribution in [2.45, 2.75) is 13.0 Å². The molecular formula is C22H22N4O4. The molecule has 3 aromatic rings. The topological polar surface area (TPSA) is 110 Å². The van der Waals surface area contributed by atoms with Gasteiger partial charge in [0.1, 0.15) is 5.75 Å². The lowest BCUT2D eigenvalue weighted by atomic mass is 10.1. The van der Waals surface area contributed by atoms with Crippen LogP contribution in [0.25, 0.3) is 16.8 Å². The molecule has 0 radical (unpaired) electrons. The van der Waals surface area contributed by atoms with E-state index in [2.05, 4.69) is 16.8 Å². The summed E-state index contributed by atoms with van der Waals surface area (Å²) in [5.41, 5.74) is 8.02. The number of pyridine rings is 1. The maximum absolute atomic E-state index is 12.0. The summed E-state index contributed by atoms with van der Waals surface area (Å²) in [6, 6.07) is 10.7. The summed E-state index contributed by atoms with van der Waals surface area (Å²) in [4.78, 5) is 29.6. The van der Waals surface area contributed by atoms with Crippen molar-refractivity contribution in [2.75, 3.05) is 20.7 Å². The van der Waals surface area contributed by atoms with Crippen LogP contribution in [0.1, 0.15) is 23.1 Å². The van der Waals surface area contributed by atoms with Crippen LogP contribution in [-0.2, 0) is 4.79 Å². The Balaban J connectivity index is 2.01. The van der Waals surface area contributed by atoms with Crippen LogP contribution < -0.4 is 10.5 Å². The van der Waals surface area contributed by atoms with Gasteiger partial charge in [0.2, 0.25) is 5.82 Å². The van der Waals surface area contributed by atoms with E-state index in [4.69, 9.17) is 10.5 Å². The number of likely N-dealkylation sites (N-methyl/N-ethyl adjacent to an activating group) is 1. The van der Waals surface area contributed by atoms with E-state index in [1.54, 1.807) is 48.0 Å². The van der Waals surface area contributed by atoms with E-state index >= 15 is 0 Å². The Kier molecular flexibility index (Phi) is 6.04. The molecule has 2 heterocycles. The molecule has 2 aromatic heterocycles. The molecule has 154 valence electrons. The minimum atomic E-state index is -1.40. The van der Waals surface area contributed by atoms with Gasteiger partial charge in [0.05, 0.1) is 24.5 Å². The van der Waals surface area contributed by atoms with Crippen molar-refractivity contribution in [2.24, 2.45) is 5.73 Å². The zero-order chi connectivity index (χ0) is 21.8. The van der Waals surface area contributed by atoms with Gasteiger partial charge in [-0.05, 0) is 31.2 Å². The summed E-state index contributed by atoms with van der Waals surface area (Å²) in [7, 11) is 3.13. The Bertz CT molecular complexity index is 1170. The van der Waals surface area contributed by atoms with Gasteiger partial charge < -0.3 is 20.5 Å². The Hall–Kier alpha value is -3.83. The van der Waals surface area contributed by atoms with Crippen molar-refractivity contribution in [3.63, 3.8) is 0 Å². The molecule has 0 bridgehead atoms. The van der Waals surface area contributed by atoms with Gasteiger partial charge in [0.25, 0.3) is 11.8 Å². The molecule has 3 rings (SSSR count). The summed E-state index contributed by atoms with van der Waals surface area (Å²) in [6.07, 6.45) is 0.239. The van der Waals surface area contributed by atoms with Crippen molar-refractivity contribution in [1.82, 2.24) is 14.3 Å². The highest BCUT2D eigenvalue weighted by atomic mass is 16.5. The molecule has 1 unspecified atom stereocenters. The smallest absolute Gasteiger partial charge is 0.285 e. The van der Waals surface area contributed by atoms with Crippen LogP contribution in [0.5, 0.6) is 5.75 Å². The highest BCUT2D eigenvalue weighted by Crippen LogP contribution is 2.27. The normalized spacial score (nSPS) is 11.5. The van der Waals surface area contributed by atoms with Crippen LogP contribution in [0, 0.1) is 11.8 Å². The standard InChI is InChI=1S/C22H22N4O4/c1-4-25(2)22(29)18(27)11-8-14-6-5-7-15(12-14)19-17-10-9-16(30-3)13-26(17)21(24-19)20(23)28/h5-7,9-10,12-13,18,27H,4H2,1-3H3,(H2,23,28). The molecular weight excluding hydrogens is 384 g/mol. The van der Waals surface area contributed by atoms with E-state index in [1.807, 2.05) is 13.0 Å². The Morgan fingerprint density at radius 3 is 2.77 bits per heavy atom. The van der Waals surface area contributed by atoms with Gasteiger partial charge >= 0.3 is 0 Å². The van der Waals surface area contributed by atoms with E-state index in [1.165, 1.54) is 12.0 Å². The summed E-state index contributed by atoms with van der Waals surface area (Å²) in [6.45, 7) is 2.29. The van der Waals surface area contributed by atoms with Crippen molar-refractivity contribution >= 4 is 17.3 Å². The van der Waals surface area contributed by atoms with Crippen molar-refractivity contribution in [1.29, 1.82) is 0 Å². The first-order valence-corrected chi connectivity index (χ1v) is 9.26. The third-order valence-corrected chi connectivity index (χ3v) is 4.64. The summed E-state index contributed by atoms with van der Waals surface area (Å²) >= 11 is 0. The zero-order valence-electron chi connectivity index (χ0n) is 16.9. The second kappa shape index (κ2) is 8.68. The number of methoxy groups -OCH3 is 1. The Morgan fingerprint density at radius 2 is 2.10 bits per heavy atom. The highest BCUT2D eigenvalue weighted by molar-refractivity contribution is 5.93. The molecule has 8 heteroatoms. The average molecular weight is 406 g/mol. The van der Waals surface area contributed by atoms with Crippen LogP contribution in [0.15, 0.2) is 42.6 Å². The fourth-order valence-corrected chi connectivity index (χ4v) is 2.90. The highest BCUT2D eigenvalue weighted by Gasteiger charge is 2.18. The number of nitrogens with zero attached hydrogens (tertiary/aromatic N) is 3. The van der Waals surface area contributed by atoms with Gasteiger partial charge in [-0.25, -0.2) is 4.98 Å². The molecule has 0 aliphatic rings. The number of imidazole rings is 1. The number of aromatic nitrogens is 2. The van der Waals surface area contributed by atoms with Gasteiger partial charge in [-0.2, -0.15) is 0 Å². The second-order valence-corrected chi connectivity index (χ2v) is 6.58. The lowest BCUT2D eigenvalue weighted by Crippen LogP contribution is -2.35. The van der Waals surface area contributed by atoms with Crippen molar-refractivity contribution in [3.8, 4) is 28.8 Å². The van der Waals surface area contributed by atoms with Gasteiger partial charge in [-0.3, -0.25) is 14.0 Å². The number of aliphatic hydroxyl groups is 1. The van der Waals surface area contributed by atoms with Gasteiger partial charge in [0, 0.05) is 24.7 Å². The zero-order valence-corrected chi connectivity index (χ0v) is 16.9. The van der Waals surface area contributed by atoms with Crippen LogP contribution in [-0.4, -0.2) is 58.0 Å². The SMILES string of the molecule is CCN(C)C(=O)C(O)C#Cc1cccc(-c2nc(C(N)=O)n3cc(OC)ccc23)c1. The van der Waals surface area contributed by atoms with E-state index < -0.39 is 17.9 Å². The first-order valence-electron chi connectivity index (χ1n) is 9.26. The summed E-state index contributed by atoms with van der Waals surface area (Å²) < 4.78 is 6.80. The van der Waals surface area contributed by atoms with E-state index in [9.17, 15) is 14.7 Å². The maximum Gasteiger partial charge on any atom is 0.285 e. The molecule has 0 spiro atoms. The van der Waals surface area contributed by atoms with Gasteiger partial charge in [0.15, 0.2) is 6.10 Å². The number of primary amides is 1. The lowest BCUT2D eigenvalue weighted by molar-refractivity contribution is -0.135. The molecule has 0 aliphatic carbocycles. The number of nitrogens with two attached hydrogens (primary N) is 1. The molecule has 8 nitrogen and oxygen atoms in total. The number of carbonyl (C=O) groups is 2. The Labute approximate surface area is 173 Å². The largest absolute Gasteiger partial charge is 0.495 e. The maximum atomic E-state index is 12.0. The molecule has 30 heavy (non-hydrogen) atoms. The molecule has 1 atom stereocenters. The summed E-state index contributed by atoms with van der Waals surface area (Å²) in [5.74, 6) is 4.90. The van der Waals surface area contributed by atoms with E-state index in [-0.39, 0.29) is 5.82 Å². The van der Waals surface area contributed by atoms with Gasteiger partial charge in [-0.1, -0.05) is 24.0 Å². The number of amides is 2. The fraction of sp³-hybridized carbons (Fsp3) is 0.227. The first-order chi connectivity index (χ1) is 14.3. The molecule has 0 saturated heterocycles. The van der Waals surface area contributed by atoms with E-state index in [0.717, 1.165) is 0 Å². The number of benzene rings is 1. The predicted molar refractivity (Wildman–Crippen MR) is 112 cm³/mol. The molecule has 0 fully saturated rings. The number of hydrogen-bond acceptors (Lipinski definition) is 5. The minimum absolute atomic E-state index is 0.0824. The number of rotatable bonds is 5. The second-order valence-electron chi connectivity index (χ2n) is 6.58. The molecule has 1 aromatic carbocycles. The van der Waals surface area contributed by atoms with Crippen molar-refractivity contribution < 1.29 is 19.4 Å². The van der Waals surface area contributed by atoms with Crippen LogP contribution >= 0.6 is 0 Å². The third kappa shape index (κ3) is 4.11. The average Bonchev–Trinajstić information content (AvgIpc) is 3.15. The molecule has 0 aliphatic heterocycles. The molecule has 3 N–H and O–H groups in total. The first kappa shape index (κ1) is 20.9. The summed E-state index contributed by atoms with van der Waals surface area (Å²) in [5, 5.41) is 9.98. The predicted octanol–water partition coefficient (Wildman–Crippen LogP) is 1.30. The van der Waals surface area contributed by atoms with Crippen LogP contribution in [0.4, 0.5) is 0 Å². The third-order valence-electron chi connectivity index (χ3n) is 4.64. The number of ether oxygens (including phenoxy) is 1. The lowest BCUT2D eigenvalue weighted by Gasteiger charge is -2.15.